The lowest BCUT2D eigenvalue weighted by Crippen LogP contribution is -2.20. The molecule has 96 valence electrons. The third-order valence-electron chi connectivity index (χ3n) is 3.03. The van der Waals surface area contributed by atoms with Crippen molar-refractivity contribution < 1.29 is 5.11 Å². The molecule has 2 rings (SSSR count). The van der Waals surface area contributed by atoms with Gasteiger partial charge >= 0.3 is 0 Å². The maximum atomic E-state index is 9.90. The predicted molar refractivity (Wildman–Crippen MR) is 77.6 cm³/mol. The van der Waals surface area contributed by atoms with E-state index < -0.39 is 0 Å². The van der Waals surface area contributed by atoms with Crippen LogP contribution in [0.5, 0.6) is 5.75 Å². The zero-order valence-electron chi connectivity index (χ0n) is 10.7. The van der Waals surface area contributed by atoms with Gasteiger partial charge in [-0.05, 0) is 11.6 Å². The molecule has 0 saturated carbocycles. The van der Waals surface area contributed by atoms with Gasteiger partial charge in [0.25, 0.3) is 0 Å². The molecule has 19 heavy (non-hydrogen) atoms. The molecule has 0 aromatic heterocycles. The van der Waals surface area contributed by atoms with E-state index in [0.717, 1.165) is 12.1 Å². The van der Waals surface area contributed by atoms with Gasteiger partial charge in [-0.3, -0.25) is 0 Å². The van der Waals surface area contributed by atoms with Gasteiger partial charge in [-0.1, -0.05) is 48.5 Å². The maximum Gasteiger partial charge on any atom is 0.120 e. The van der Waals surface area contributed by atoms with E-state index in [1.165, 1.54) is 5.56 Å². The van der Waals surface area contributed by atoms with Gasteiger partial charge in [0.05, 0.1) is 0 Å². The van der Waals surface area contributed by atoms with E-state index >= 15 is 0 Å². The van der Waals surface area contributed by atoms with Crippen LogP contribution >= 0.6 is 0 Å². The van der Waals surface area contributed by atoms with Crippen LogP contribution in [0, 0.1) is 12.3 Å². The second-order valence-corrected chi connectivity index (χ2v) is 4.39. The first-order chi connectivity index (χ1) is 9.31. The van der Waals surface area contributed by atoms with Crippen LogP contribution in [-0.2, 0) is 6.54 Å². The zero-order chi connectivity index (χ0) is 13.5. The first-order valence-electron chi connectivity index (χ1n) is 6.30. The minimum atomic E-state index is -0.0357. The van der Waals surface area contributed by atoms with Gasteiger partial charge in [-0.2, -0.15) is 0 Å². The molecule has 0 bridgehead atoms. The molecule has 2 N–H and O–H groups in total. The standard InChI is InChI=1S/C17H17NO/c1-2-8-16(15-11-6-7-12-17(15)19)18-13-14-9-4-3-5-10-14/h1,3-7,9-12,16,18-19H,8,13H2. The van der Waals surface area contributed by atoms with Crippen molar-refractivity contribution in [1.82, 2.24) is 5.32 Å². The number of nitrogens with one attached hydrogen (secondary N) is 1. The molecule has 1 unspecified atom stereocenters. The smallest absolute Gasteiger partial charge is 0.120 e. The van der Waals surface area contributed by atoms with Crippen LogP contribution in [0.1, 0.15) is 23.6 Å². The fraction of sp³-hybridized carbons (Fsp3) is 0.176. The molecule has 0 aliphatic rings. The van der Waals surface area contributed by atoms with Gasteiger partial charge in [0.15, 0.2) is 0 Å². The van der Waals surface area contributed by atoms with Crippen LogP contribution in [0.15, 0.2) is 54.6 Å². The molecule has 2 heteroatoms. The lowest BCUT2D eigenvalue weighted by molar-refractivity contribution is 0.447. The summed E-state index contributed by atoms with van der Waals surface area (Å²) in [6.07, 6.45) is 5.96. The molecule has 2 aromatic carbocycles. The molecule has 0 spiro atoms. The summed E-state index contributed by atoms with van der Waals surface area (Å²) >= 11 is 0. The van der Waals surface area contributed by atoms with Gasteiger partial charge in [-0.25, -0.2) is 0 Å². The Morgan fingerprint density at radius 2 is 1.74 bits per heavy atom. The maximum absolute atomic E-state index is 9.90. The van der Waals surface area contributed by atoms with Crippen molar-refractivity contribution in [2.45, 2.75) is 19.0 Å². The summed E-state index contributed by atoms with van der Waals surface area (Å²) < 4.78 is 0. The van der Waals surface area contributed by atoms with Crippen LogP contribution in [-0.4, -0.2) is 5.11 Å². The Bertz CT molecular complexity index is 557. The Morgan fingerprint density at radius 3 is 2.42 bits per heavy atom. The van der Waals surface area contributed by atoms with Crippen LogP contribution in [0.3, 0.4) is 0 Å². The van der Waals surface area contributed by atoms with Crippen molar-refractivity contribution >= 4 is 0 Å². The number of rotatable bonds is 5. The third-order valence-corrected chi connectivity index (χ3v) is 3.03. The number of phenols is 1. The first-order valence-corrected chi connectivity index (χ1v) is 6.30. The predicted octanol–water partition coefficient (Wildman–Crippen LogP) is 3.25. The van der Waals surface area contributed by atoms with Crippen LogP contribution in [0.4, 0.5) is 0 Å². The second-order valence-electron chi connectivity index (χ2n) is 4.39. The summed E-state index contributed by atoms with van der Waals surface area (Å²) in [7, 11) is 0. The molecule has 0 aliphatic carbocycles. The quantitative estimate of drug-likeness (QED) is 0.799. The number of terminal acetylenes is 1. The minimum Gasteiger partial charge on any atom is -0.508 e. The fourth-order valence-electron chi connectivity index (χ4n) is 2.03. The molecule has 1 atom stereocenters. The van der Waals surface area contributed by atoms with Gasteiger partial charge in [-0.15, -0.1) is 12.3 Å². The molecule has 0 amide bonds. The minimum absolute atomic E-state index is 0.0357. The largest absolute Gasteiger partial charge is 0.508 e. The van der Waals surface area contributed by atoms with Crippen LogP contribution in [0.25, 0.3) is 0 Å². The molecule has 2 aromatic rings. The Labute approximate surface area is 114 Å². The van der Waals surface area contributed by atoms with Crippen LogP contribution < -0.4 is 5.32 Å². The van der Waals surface area contributed by atoms with E-state index in [2.05, 4.69) is 23.4 Å². The molecule has 0 heterocycles. The zero-order valence-corrected chi connectivity index (χ0v) is 10.7. The normalized spacial score (nSPS) is 11.7. The summed E-state index contributed by atoms with van der Waals surface area (Å²) in [6, 6.07) is 17.4. The first kappa shape index (κ1) is 13.2. The number of aromatic hydroxyl groups is 1. The fourth-order valence-corrected chi connectivity index (χ4v) is 2.03. The van der Waals surface area contributed by atoms with Crippen molar-refractivity contribution in [2.75, 3.05) is 0 Å². The average Bonchev–Trinajstić information content (AvgIpc) is 2.45. The summed E-state index contributed by atoms with van der Waals surface area (Å²) in [5.74, 6) is 2.94. The number of para-hydroxylation sites is 1. The Balaban J connectivity index is 2.09. The second kappa shape index (κ2) is 6.63. The monoisotopic (exact) mass is 251 g/mol. The van der Waals surface area contributed by atoms with Gasteiger partial charge in [0, 0.05) is 24.6 Å². The number of hydrogen-bond donors (Lipinski definition) is 2. The third kappa shape index (κ3) is 3.61. The lowest BCUT2D eigenvalue weighted by atomic mass is 10.0. The molecule has 0 saturated heterocycles. The SMILES string of the molecule is C#CCC(NCc1ccccc1)c1ccccc1O. The van der Waals surface area contributed by atoms with E-state index in [1.54, 1.807) is 6.07 Å². The van der Waals surface area contributed by atoms with E-state index in [0.29, 0.717) is 6.42 Å². The summed E-state index contributed by atoms with van der Waals surface area (Å²) in [4.78, 5) is 0. The van der Waals surface area contributed by atoms with E-state index in [9.17, 15) is 5.11 Å². The van der Waals surface area contributed by atoms with Crippen molar-refractivity contribution in [3.05, 3.63) is 65.7 Å². The molecule has 2 nitrogen and oxygen atoms in total. The van der Waals surface area contributed by atoms with Crippen LogP contribution in [0.2, 0.25) is 0 Å². The van der Waals surface area contributed by atoms with E-state index in [4.69, 9.17) is 6.42 Å². The average molecular weight is 251 g/mol. The van der Waals surface area contributed by atoms with Crippen molar-refractivity contribution in [3.63, 3.8) is 0 Å². The van der Waals surface area contributed by atoms with Gasteiger partial charge in [0.2, 0.25) is 0 Å². The number of phenolic OH excluding ortho intramolecular Hbond substituents is 1. The molecule has 0 fully saturated rings. The van der Waals surface area contributed by atoms with E-state index in [1.807, 2.05) is 36.4 Å². The van der Waals surface area contributed by atoms with Crippen molar-refractivity contribution in [1.29, 1.82) is 0 Å². The Hall–Kier alpha value is -2.24. The van der Waals surface area contributed by atoms with Gasteiger partial charge in [0.1, 0.15) is 5.75 Å². The highest BCUT2D eigenvalue weighted by Crippen LogP contribution is 2.25. The molecule has 0 radical (unpaired) electrons. The highest BCUT2D eigenvalue weighted by Gasteiger charge is 2.13. The molecular weight excluding hydrogens is 234 g/mol. The number of hydrogen-bond acceptors (Lipinski definition) is 2. The Morgan fingerprint density at radius 1 is 1.05 bits per heavy atom. The summed E-state index contributed by atoms with van der Waals surface area (Å²) in [5.41, 5.74) is 2.04. The topological polar surface area (TPSA) is 32.3 Å². The highest BCUT2D eigenvalue weighted by atomic mass is 16.3. The Kier molecular flexibility index (Phi) is 4.60. The van der Waals surface area contributed by atoms with Gasteiger partial charge < -0.3 is 10.4 Å². The summed E-state index contributed by atoms with van der Waals surface area (Å²) in [5, 5.41) is 13.3. The van der Waals surface area contributed by atoms with Crippen molar-refractivity contribution in [2.24, 2.45) is 0 Å². The summed E-state index contributed by atoms with van der Waals surface area (Å²) in [6.45, 7) is 0.724. The lowest BCUT2D eigenvalue weighted by Gasteiger charge is -2.18. The molecular formula is C17H17NO. The number of benzene rings is 2. The van der Waals surface area contributed by atoms with E-state index in [-0.39, 0.29) is 11.8 Å². The van der Waals surface area contributed by atoms with Crippen molar-refractivity contribution in [3.8, 4) is 18.1 Å². The molecule has 0 aliphatic heterocycles. The highest BCUT2D eigenvalue weighted by molar-refractivity contribution is 5.35.